The van der Waals surface area contributed by atoms with Crippen LogP contribution in [0.25, 0.3) is 0 Å². The lowest BCUT2D eigenvalue weighted by atomic mass is 10.1. The Hall–Kier alpha value is -0.703. The average molecular weight is 302 g/mol. The number of hydrogen-bond acceptors (Lipinski definition) is 2. The normalized spacial score (nSPS) is 13.2. The maximum atomic E-state index is 13.5. The molecule has 2 nitrogen and oxygen atoms in total. The highest BCUT2D eigenvalue weighted by molar-refractivity contribution is 9.10. The Morgan fingerprint density at radius 2 is 2.06 bits per heavy atom. The van der Waals surface area contributed by atoms with Crippen molar-refractivity contribution >= 4 is 24.2 Å². The lowest BCUT2D eigenvalue weighted by molar-refractivity contribution is 0.249. The summed E-state index contributed by atoms with van der Waals surface area (Å²) < 4.78 is 19.9. The largest absolute Gasteiger partial charge is 0.399 e. The highest BCUT2D eigenvalue weighted by Crippen LogP contribution is 2.26. The van der Waals surface area contributed by atoms with Gasteiger partial charge in [0.15, 0.2) is 14.4 Å². The summed E-state index contributed by atoms with van der Waals surface area (Å²) in [6, 6.07) is 6.51. The summed E-state index contributed by atoms with van der Waals surface area (Å²) in [6.45, 7) is 5.90. The number of hydrogen-bond donors (Lipinski definition) is 0. The quantitative estimate of drug-likeness (QED) is 0.791. The topological polar surface area (TPSA) is 33.0 Å². The predicted molar refractivity (Wildman–Crippen MR) is 66.9 cm³/mol. The monoisotopic (exact) mass is 301 g/mol. The smallest absolute Gasteiger partial charge is 0.186 e. The Balaban J connectivity index is 3.05. The molecule has 0 saturated heterocycles. The minimum atomic E-state index is -1.87. The van der Waals surface area contributed by atoms with Crippen LogP contribution in [-0.2, 0) is 4.43 Å². The molecule has 0 aliphatic heterocycles. The lowest BCUT2D eigenvalue weighted by Gasteiger charge is -2.22. The van der Waals surface area contributed by atoms with E-state index < -0.39 is 20.2 Å². The van der Waals surface area contributed by atoms with Crippen molar-refractivity contribution in [1.29, 1.82) is 5.26 Å². The van der Waals surface area contributed by atoms with Gasteiger partial charge in [-0.2, -0.15) is 5.26 Å². The van der Waals surface area contributed by atoms with Gasteiger partial charge in [-0.05, 0) is 37.8 Å². The number of nitrogens with zero attached hydrogens (tertiary/aromatic N) is 1. The molecule has 0 radical (unpaired) electrons. The molecule has 1 atom stereocenters. The molecule has 0 heterocycles. The highest BCUT2D eigenvalue weighted by atomic mass is 79.9. The number of nitriles is 1. The fraction of sp³-hybridized carbons (Fsp3) is 0.364. The Kier molecular flexibility index (Phi) is 4.25. The van der Waals surface area contributed by atoms with E-state index in [4.69, 9.17) is 9.69 Å². The van der Waals surface area contributed by atoms with Gasteiger partial charge in [0.25, 0.3) is 0 Å². The van der Waals surface area contributed by atoms with Crippen LogP contribution < -0.4 is 0 Å². The van der Waals surface area contributed by atoms with Crippen LogP contribution in [0.3, 0.4) is 0 Å². The number of benzene rings is 1. The zero-order valence-corrected chi connectivity index (χ0v) is 12.0. The van der Waals surface area contributed by atoms with E-state index in [1.54, 1.807) is 12.1 Å². The van der Waals surface area contributed by atoms with Crippen molar-refractivity contribution in [2.45, 2.75) is 25.7 Å². The van der Waals surface area contributed by atoms with Gasteiger partial charge in [0.1, 0.15) is 5.82 Å². The van der Waals surface area contributed by atoms with Crippen molar-refractivity contribution in [3.8, 4) is 6.07 Å². The average Bonchev–Trinajstić information content (AvgIpc) is 2.17. The van der Waals surface area contributed by atoms with Crippen LogP contribution >= 0.6 is 15.9 Å². The molecule has 1 unspecified atom stereocenters. The molecule has 16 heavy (non-hydrogen) atoms. The van der Waals surface area contributed by atoms with Gasteiger partial charge in [0, 0.05) is 10.0 Å². The van der Waals surface area contributed by atoms with Gasteiger partial charge in [-0.1, -0.05) is 15.9 Å². The summed E-state index contributed by atoms with van der Waals surface area (Å²) >= 11 is 3.25. The van der Waals surface area contributed by atoms with Gasteiger partial charge in [-0.3, -0.25) is 0 Å². The molecule has 0 N–H and O–H groups in total. The Morgan fingerprint density at radius 3 is 2.56 bits per heavy atom. The zero-order valence-electron chi connectivity index (χ0n) is 9.42. The summed E-state index contributed by atoms with van der Waals surface area (Å²) in [6.07, 6.45) is -0.829. The van der Waals surface area contributed by atoms with Crippen molar-refractivity contribution in [2.75, 3.05) is 0 Å². The van der Waals surface area contributed by atoms with E-state index in [2.05, 4.69) is 15.9 Å². The van der Waals surface area contributed by atoms with Gasteiger partial charge in [0.05, 0.1) is 6.07 Å². The maximum Gasteiger partial charge on any atom is 0.186 e. The van der Waals surface area contributed by atoms with Crippen LogP contribution in [0.15, 0.2) is 22.7 Å². The Labute approximate surface area is 104 Å². The van der Waals surface area contributed by atoms with Crippen LogP contribution in [0.4, 0.5) is 4.39 Å². The second-order valence-corrected chi connectivity index (χ2v) is 9.78. The van der Waals surface area contributed by atoms with Gasteiger partial charge in [-0.15, -0.1) is 0 Å². The molecule has 0 bridgehead atoms. The summed E-state index contributed by atoms with van der Waals surface area (Å²) in [5, 5.41) is 9.02. The number of halogens is 2. The number of rotatable bonds is 3. The summed E-state index contributed by atoms with van der Waals surface area (Å²) in [5.74, 6) is -0.409. The molecule has 0 fully saturated rings. The standard InChI is InChI=1S/C11H13BrFNOSi/c1-16(2,3)15-11(7-14)9-6-8(12)4-5-10(9)13/h4-6,11H,1-3H3. The minimum absolute atomic E-state index is 0.291. The lowest BCUT2D eigenvalue weighted by Crippen LogP contribution is -2.27. The Morgan fingerprint density at radius 1 is 1.44 bits per heavy atom. The molecule has 1 rings (SSSR count). The first-order valence-electron chi connectivity index (χ1n) is 4.86. The van der Waals surface area contributed by atoms with Crippen LogP contribution in [0.2, 0.25) is 19.6 Å². The molecule has 86 valence electrons. The van der Waals surface area contributed by atoms with Crippen LogP contribution in [-0.4, -0.2) is 8.32 Å². The Bertz CT molecular complexity index is 425. The molecule has 5 heteroatoms. The van der Waals surface area contributed by atoms with E-state index in [0.29, 0.717) is 5.56 Å². The summed E-state index contributed by atoms with van der Waals surface area (Å²) in [5.41, 5.74) is 0.291. The first kappa shape index (κ1) is 13.4. The SMILES string of the molecule is C[Si](C)(C)OC(C#N)c1cc(Br)ccc1F. The molecule has 0 amide bonds. The second kappa shape index (κ2) is 5.08. The van der Waals surface area contributed by atoms with Crippen LogP contribution in [0.1, 0.15) is 11.7 Å². The third-order valence-electron chi connectivity index (χ3n) is 1.83. The fourth-order valence-electron chi connectivity index (χ4n) is 1.23. The first-order valence-corrected chi connectivity index (χ1v) is 9.06. The predicted octanol–water partition coefficient (Wildman–Crippen LogP) is 4.00. The third kappa shape index (κ3) is 3.70. The van der Waals surface area contributed by atoms with Crippen LogP contribution in [0, 0.1) is 17.1 Å². The van der Waals surface area contributed by atoms with E-state index in [0.717, 1.165) is 4.47 Å². The molecule has 1 aromatic rings. The zero-order chi connectivity index (χ0) is 12.3. The second-order valence-electron chi connectivity index (χ2n) is 4.41. The summed E-state index contributed by atoms with van der Waals surface area (Å²) in [7, 11) is -1.87. The van der Waals surface area contributed by atoms with Crippen molar-refractivity contribution in [1.82, 2.24) is 0 Å². The third-order valence-corrected chi connectivity index (χ3v) is 3.27. The molecule has 0 aliphatic carbocycles. The highest BCUT2D eigenvalue weighted by Gasteiger charge is 2.24. The molecule has 0 aromatic heterocycles. The molecule has 0 saturated carbocycles. The van der Waals surface area contributed by atoms with Gasteiger partial charge in [0.2, 0.25) is 0 Å². The van der Waals surface area contributed by atoms with E-state index in [9.17, 15) is 4.39 Å². The molecule has 0 spiro atoms. The van der Waals surface area contributed by atoms with Crippen molar-refractivity contribution in [2.24, 2.45) is 0 Å². The van der Waals surface area contributed by atoms with E-state index in [-0.39, 0.29) is 0 Å². The minimum Gasteiger partial charge on any atom is -0.399 e. The molecular weight excluding hydrogens is 289 g/mol. The van der Waals surface area contributed by atoms with E-state index in [1.165, 1.54) is 6.07 Å². The van der Waals surface area contributed by atoms with Gasteiger partial charge in [-0.25, -0.2) is 4.39 Å². The van der Waals surface area contributed by atoms with E-state index >= 15 is 0 Å². The molecule has 0 aliphatic rings. The maximum absolute atomic E-state index is 13.5. The van der Waals surface area contributed by atoms with Gasteiger partial charge < -0.3 is 4.43 Å². The fourth-order valence-corrected chi connectivity index (χ4v) is 2.49. The van der Waals surface area contributed by atoms with Crippen LogP contribution in [0.5, 0.6) is 0 Å². The van der Waals surface area contributed by atoms with Crippen molar-refractivity contribution in [3.63, 3.8) is 0 Å². The van der Waals surface area contributed by atoms with Crippen molar-refractivity contribution in [3.05, 3.63) is 34.1 Å². The molecular formula is C11H13BrFNOSi. The van der Waals surface area contributed by atoms with Gasteiger partial charge >= 0.3 is 0 Å². The summed E-state index contributed by atoms with van der Waals surface area (Å²) in [4.78, 5) is 0. The van der Waals surface area contributed by atoms with E-state index in [1.807, 2.05) is 25.7 Å². The molecule has 1 aromatic carbocycles. The van der Waals surface area contributed by atoms with Crippen molar-refractivity contribution < 1.29 is 8.82 Å². The first-order chi connectivity index (χ1) is 7.33.